The van der Waals surface area contributed by atoms with E-state index in [9.17, 15) is 4.39 Å². The molecule has 0 bridgehead atoms. The molecule has 1 atom stereocenters. The van der Waals surface area contributed by atoms with Crippen LogP contribution >= 0.6 is 12.4 Å². The second-order valence-corrected chi connectivity index (χ2v) is 3.67. The average Bonchev–Trinajstić information content (AvgIpc) is 2.89. The number of halogens is 2. The quantitative estimate of drug-likeness (QED) is 0.789. The summed E-state index contributed by atoms with van der Waals surface area (Å²) in [5.74, 6) is 0.297. The number of pyridine rings is 1. The summed E-state index contributed by atoms with van der Waals surface area (Å²) >= 11 is 0. The molecule has 0 aliphatic heterocycles. The largest absolute Gasteiger partial charge is 0.324 e. The highest BCUT2D eigenvalue weighted by Gasteiger charge is 2.25. The van der Waals surface area contributed by atoms with Crippen molar-refractivity contribution in [2.24, 2.45) is 11.7 Å². The van der Waals surface area contributed by atoms with Crippen LogP contribution in [-0.2, 0) is 0 Å². The molecule has 1 fully saturated rings. The molecule has 0 saturated heterocycles. The van der Waals surface area contributed by atoms with E-state index in [-0.39, 0.29) is 18.4 Å². The van der Waals surface area contributed by atoms with Gasteiger partial charge in [0, 0.05) is 17.8 Å². The van der Waals surface area contributed by atoms with E-state index in [0.717, 1.165) is 12.3 Å². The molecule has 0 unspecified atom stereocenters. The minimum atomic E-state index is -0.421. The van der Waals surface area contributed by atoms with Gasteiger partial charge in [0.15, 0.2) is 0 Å². The highest BCUT2D eigenvalue weighted by molar-refractivity contribution is 5.85. The predicted molar refractivity (Wildman–Crippen MR) is 55.7 cm³/mol. The highest BCUT2D eigenvalue weighted by Crippen LogP contribution is 2.36. The predicted octanol–water partition coefficient (Wildman–Crippen LogP) is 2.44. The number of nitrogens with zero attached hydrogens (tertiary/aromatic N) is 1. The first kappa shape index (κ1) is 11.4. The summed E-state index contributed by atoms with van der Waals surface area (Å²) < 4.78 is 13.1. The fourth-order valence-electron chi connectivity index (χ4n) is 1.51. The minimum Gasteiger partial charge on any atom is -0.324 e. The molecule has 1 heterocycles. The molecule has 2 N–H and O–H groups in total. The van der Waals surface area contributed by atoms with Crippen LogP contribution in [0.5, 0.6) is 0 Å². The zero-order valence-corrected chi connectivity index (χ0v) is 8.64. The average molecular weight is 217 g/mol. The van der Waals surface area contributed by atoms with Gasteiger partial charge in [-0.3, -0.25) is 0 Å². The minimum absolute atomic E-state index is 0. The summed E-state index contributed by atoms with van der Waals surface area (Å²) in [4.78, 5) is 3.58. The summed E-state index contributed by atoms with van der Waals surface area (Å²) in [6.07, 6.45) is 4.83. The Morgan fingerprint density at radius 3 is 2.86 bits per heavy atom. The van der Waals surface area contributed by atoms with Crippen LogP contribution in [0.4, 0.5) is 4.39 Å². The number of aromatic nitrogens is 1. The van der Waals surface area contributed by atoms with Gasteiger partial charge in [0.05, 0.1) is 0 Å². The Morgan fingerprint density at radius 1 is 1.57 bits per heavy atom. The topological polar surface area (TPSA) is 38.9 Å². The molecule has 1 saturated carbocycles. The van der Waals surface area contributed by atoms with E-state index in [2.05, 4.69) is 4.98 Å². The molecule has 2 rings (SSSR count). The van der Waals surface area contributed by atoms with Gasteiger partial charge in [-0.05, 0) is 18.4 Å². The second kappa shape index (κ2) is 4.71. The number of nitrogens with two attached hydrogens (primary N) is 1. The van der Waals surface area contributed by atoms with E-state index in [0.29, 0.717) is 5.56 Å². The third-order valence-corrected chi connectivity index (χ3v) is 2.47. The molecular formula is C10H14ClFN2. The Bertz CT molecular complexity index is 302. The van der Waals surface area contributed by atoms with Gasteiger partial charge in [0.25, 0.3) is 0 Å². The molecule has 0 spiro atoms. The maximum absolute atomic E-state index is 13.1. The number of hydrogen-bond acceptors (Lipinski definition) is 2. The van der Waals surface area contributed by atoms with E-state index in [1.54, 1.807) is 12.1 Å². The van der Waals surface area contributed by atoms with Crippen molar-refractivity contribution in [1.29, 1.82) is 0 Å². The van der Waals surface area contributed by atoms with Crippen molar-refractivity contribution in [3.8, 4) is 0 Å². The first-order chi connectivity index (χ1) is 6.27. The normalized spacial score (nSPS) is 17.3. The van der Waals surface area contributed by atoms with Crippen molar-refractivity contribution in [1.82, 2.24) is 4.98 Å². The van der Waals surface area contributed by atoms with E-state index in [1.807, 2.05) is 0 Å². The van der Waals surface area contributed by atoms with Gasteiger partial charge in [-0.1, -0.05) is 18.9 Å². The van der Waals surface area contributed by atoms with E-state index >= 15 is 0 Å². The monoisotopic (exact) mass is 216 g/mol. The van der Waals surface area contributed by atoms with Crippen molar-refractivity contribution >= 4 is 12.4 Å². The van der Waals surface area contributed by atoms with Crippen molar-refractivity contribution in [2.75, 3.05) is 0 Å². The van der Waals surface area contributed by atoms with Gasteiger partial charge in [0.1, 0.15) is 0 Å². The molecule has 1 aliphatic carbocycles. The molecule has 1 aromatic rings. The van der Waals surface area contributed by atoms with Crippen LogP contribution in [0.25, 0.3) is 0 Å². The lowest BCUT2D eigenvalue weighted by molar-refractivity contribution is 0.518. The second-order valence-electron chi connectivity index (χ2n) is 3.67. The molecule has 1 aliphatic rings. The molecule has 0 amide bonds. The molecular weight excluding hydrogens is 203 g/mol. The Labute approximate surface area is 89.1 Å². The zero-order chi connectivity index (χ0) is 9.26. The zero-order valence-electron chi connectivity index (χ0n) is 7.82. The first-order valence-electron chi connectivity index (χ1n) is 4.63. The van der Waals surface area contributed by atoms with E-state index < -0.39 is 5.95 Å². The fraction of sp³-hybridized carbons (Fsp3) is 0.500. The molecule has 1 aromatic heterocycles. The molecule has 2 nitrogen and oxygen atoms in total. The van der Waals surface area contributed by atoms with Crippen LogP contribution < -0.4 is 5.73 Å². The van der Waals surface area contributed by atoms with E-state index in [1.165, 1.54) is 19.0 Å². The fourth-order valence-corrected chi connectivity index (χ4v) is 1.51. The standard InChI is InChI=1S/C10H13FN2.ClH/c11-10-8(2-1-5-13-10)9(12)6-7-3-4-7;/h1-2,5,7,9H,3-4,6,12H2;1H/t9-;/m1./s1. The van der Waals surface area contributed by atoms with Gasteiger partial charge in [-0.15, -0.1) is 12.4 Å². The number of hydrogen-bond donors (Lipinski definition) is 1. The Hall–Kier alpha value is -0.670. The molecule has 78 valence electrons. The van der Waals surface area contributed by atoms with Crippen molar-refractivity contribution < 1.29 is 4.39 Å². The summed E-state index contributed by atoms with van der Waals surface area (Å²) in [5.41, 5.74) is 6.41. The van der Waals surface area contributed by atoms with Gasteiger partial charge >= 0.3 is 0 Å². The van der Waals surface area contributed by atoms with Crippen molar-refractivity contribution in [3.63, 3.8) is 0 Å². The van der Waals surface area contributed by atoms with Crippen LogP contribution in [0.1, 0.15) is 30.9 Å². The SMILES string of the molecule is Cl.N[C@H](CC1CC1)c1cccnc1F. The van der Waals surface area contributed by atoms with Crippen LogP contribution in [-0.4, -0.2) is 4.98 Å². The van der Waals surface area contributed by atoms with Gasteiger partial charge in [0.2, 0.25) is 5.95 Å². The van der Waals surface area contributed by atoms with Gasteiger partial charge in [-0.25, -0.2) is 4.98 Å². The Balaban J connectivity index is 0.000000980. The van der Waals surface area contributed by atoms with Gasteiger partial charge in [-0.2, -0.15) is 4.39 Å². The lowest BCUT2D eigenvalue weighted by atomic mass is 10.0. The van der Waals surface area contributed by atoms with Crippen LogP contribution in [0.3, 0.4) is 0 Å². The third kappa shape index (κ3) is 2.66. The first-order valence-corrected chi connectivity index (χ1v) is 4.63. The van der Waals surface area contributed by atoms with Crippen LogP contribution in [0, 0.1) is 11.9 Å². The van der Waals surface area contributed by atoms with Gasteiger partial charge < -0.3 is 5.73 Å². The van der Waals surface area contributed by atoms with Crippen LogP contribution in [0.15, 0.2) is 18.3 Å². The maximum Gasteiger partial charge on any atom is 0.217 e. The summed E-state index contributed by atoms with van der Waals surface area (Å²) in [6.45, 7) is 0. The maximum atomic E-state index is 13.1. The molecule has 0 aromatic carbocycles. The molecule has 0 radical (unpaired) electrons. The third-order valence-electron chi connectivity index (χ3n) is 2.47. The molecule has 14 heavy (non-hydrogen) atoms. The summed E-state index contributed by atoms with van der Waals surface area (Å²) in [6, 6.07) is 3.27. The Morgan fingerprint density at radius 2 is 2.29 bits per heavy atom. The Kier molecular flexibility index (Phi) is 3.84. The van der Waals surface area contributed by atoms with Crippen LogP contribution in [0.2, 0.25) is 0 Å². The number of rotatable bonds is 3. The lowest BCUT2D eigenvalue weighted by Gasteiger charge is -2.10. The van der Waals surface area contributed by atoms with Crippen molar-refractivity contribution in [2.45, 2.75) is 25.3 Å². The summed E-state index contributed by atoms with van der Waals surface area (Å²) in [7, 11) is 0. The lowest BCUT2D eigenvalue weighted by Crippen LogP contribution is -2.13. The van der Waals surface area contributed by atoms with E-state index in [4.69, 9.17) is 5.73 Å². The summed E-state index contributed by atoms with van der Waals surface area (Å²) in [5, 5.41) is 0. The highest BCUT2D eigenvalue weighted by atomic mass is 35.5. The smallest absolute Gasteiger partial charge is 0.217 e. The molecule has 4 heteroatoms. The van der Waals surface area contributed by atoms with Crippen molar-refractivity contribution in [3.05, 3.63) is 29.8 Å².